The van der Waals surface area contributed by atoms with Crippen LogP contribution in [0.15, 0.2) is 54.9 Å². The predicted molar refractivity (Wildman–Crippen MR) is 98.2 cm³/mol. The van der Waals surface area contributed by atoms with Crippen molar-refractivity contribution in [1.82, 2.24) is 4.98 Å². The number of pyridine rings is 1. The van der Waals surface area contributed by atoms with Gasteiger partial charge in [0.15, 0.2) is 0 Å². The van der Waals surface area contributed by atoms with Gasteiger partial charge >= 0.3 is 0 Å². The molecule has 0 spiro atoms. The zero-order chi connectivity index (χ0) is 16.6. The summed E-state index contributed by atoms with van der Waals surface area (Å²) in [7, 11) is 0. The lowest BCUT2D eigenvalue weighted by atomic mass is 9.78. The van der Waals surface area contributed by atoms with E-state index in [4.69, 9.17) is 5.26 Å². The van der Waals surface area contributed by atoms with Crippen molar-refractivity contribution < 1.29 is 0 Å². The molecule has 1 aromatic heterocycles. The van der Waals surface area contributed by atoms with Crippen LogP contribution in [-0.4, -0.2) is 4.98 Å². The van der Waals surface area contributed by atoms with Crippen molar-refractivity contribution in [3.8, 4) is 6.07 Å². The quantitative estimate of drug-likeness (QED) is 0.740. The van der Waals surface area contributed by atoms with Gasteiger partial charge in [-0.05, 0) is 66.8 Å². The van der Waals surface area contributed by atoms with Gasteiger partial charge in [-0.2, -0.15) is 5.26 Å². The fraction of sp³-hybridized carbons (Fsp3) is 0.364. The van der Waals surface area contributed by atoms with Gasteiger partial charge in [-0.3, -0.25) is 4.98 Å². The molecule has 122 valence electrons. The Bertz CT molecular complexity index is 695. The molecule has 0 amide bonds. The number of nitrogens with zero attached hydrogens (tertiary/aromatic N) is 2. The molecule has 1 heterocycles. The van der Waals surface area contributed by atoms with Crippen LogP contribution in [0, 0.1) is 23.2 Å². The number of aromatic nitrogens is 1. The van der Waals surface area contributed by atoms with Gasteiger partial charge in [-0.1, -0.05) is 43.2 Å². The predicted octanol–water partition coefficient (Wildman–Crippen LogP) is 5.41. The molecule has 2 nitrogen and oxygen atoms in total. The second-order valence-electron chi connectivity index (χ2n) is 6.79. The van der Waals surface area contributed by atoms with Gasteiger partial charge in [-0.25, -0.2) is 0 Å². The van der Waals surface area contributed by atoms with Gasteiger partial charge in [0.2, 0.25) is 0 Å². The summed E-state index contributed by atoms with van der Waals surface area (Å²) >= 11 is 0. The molecule has 1 aliphatic rings. The third kappa shape index (κ3) is 4.80. The lowest BCUT2D eigenvalue weighted by molar-refractivity contribution is 0.291. The van der Waals surface area contributed by atoms with Crippen molar-refractivity contribution in [1.29, 1.82) is 5.26 Å². The Labute approximate surface area is 144 Å². The number of hydrogen-bond acceptors (Lipinski definition) is 2. The van der Waals surface area contributed by atoms with Crippen LogP contribution in [0.4, 0.5) is 0 Å². The van der Waals surface area contributed by atoms with E-state index in [0.717, 1.165) is 17.9 Å². The van der Waals surface area contributed by atoms with E-state index in [1.165, 1.54) is 43.2 Å². The zero-order valence-electron chi connectivity index (χ0n) is 14.1. The molecular formula is C22H24N2. The van der Waals surface area contributed by atoms with Crippen LogP contribution in [0.2, 0.25) is 0 Å². The Morgan fingerprint density at radius 1 is 1.17 bits per heavy atom. The number of aryl methyl sites for hydroxylation is 1. The summed E-state index contributed by atoms with van der Waals surface area (Å²) in [5, 5.41) is 8.86. The van der Waals surface area contributed by atoms with E-state index in [-0.39, 0.29) is 0 Å². The summed E-state index contributed by atoms with van der Waals surface area (Å²) in [5.41, 5.74) is 3.29. The van der Waals surface area contributed by atoms with Crippen molar-refractivity contribution in [2.45, 2.75) is 38.5 Å². The largest absolute Gasteiger partial charge is 0.264 e. The highest BCUT2D eigenvalue weighted by Gasteiger charge is 2.20. The summed E-state index contributed by atoms with van der Waals surface area (Å²) in [4.78, 5) is 4.17. The molecule has 3 rings (SSSR count). The van der Waals surface area contributed by atoms with Crippen LogP contribution in [0.5, 0.6) is 0 Å². The fourth-order valence-electron chi connectivity index (χ4n) is 3.61. The lowest BCUT2D eigenvalue weighted by Crippen LogP contribution is -2.14. The van der Waals surface area contributed by atoms with E-state index in [2.05, 4.69) is 41.4 Å². The van der Waals surface area contributed by atoms with Crippen LogP contribution < -0.4 is 0 Å². The van der Waals surface area contributed by atoms with E-state index in [1.54, 1.807) is 0 Å². The molecule has 1 fully saturated rings. The summed E-state index contributed by atoms with van der Waals surface area (Å²) in [5.74, 6) is 1.52. The van der Waals surface area contributed by atoms with Gasteiger partial charge in [0.1, 0.15) is 0 Å². The van der Waals surface area contributed by atoms with E-state index in [9.17, 15) is 0 Å². The third-order valence-corrected chi connectivity index (χ3v) is 4.99. The Morgan fingerprint density at radius 2 is 2.04 bits per heavy atom. The average Bonchev–Trinajstić information content (AvgIpc) is 2.66. The monoisotopic (exact) mass is 316 g/mol. The minimum atomic E-state index is 0.699. The highest BCUT2D eigenvalue weighted by Crippen LogP contribution is 2.33. The first-order chi connectivity index (χ1) is 11.8. The first-order valence-electron chi connectivity index (χ1n) is 8.91. The molecule has 1 aromatic carbocycles. The Balaban J connectivity index is 1.50. The van der Waals surface area contributed by atoms with Crippen LogP contribution in [0.3, 0.4) is 0 Å². The van der Waals surface area contributed by atoms with Gasteiger partial charge in [-0.15, -0.1) is 0 Å². The van der Waals surface area contributed by atoms with Gasteiger partial charge in [0.05, 0.1) is 11.6 Å². The molecular weight excluding hydrogens is 292 g/mol. The van der Waals surface area contributed by atoms with Crippen molar-refractivity contribution in [2.24, 2.45) is 11.8 Å². The number of allylic oxidation sites excluding steroid dienone is 1. The molecule has 0 unspecified atom stereocenters. The number of rotatable bonds is 5. The molecule has 0 N–H and O–H groups in total. The summed E-state index contributed by atoms with van der Waals surface area (Å²) in [6, 6.07) is 14.3. The first kappa shape index (κ1) is 16.5. The second kappa shape index (κ2) is 8.45. The molecule has 0 saturated heterocycles. The molecule has 2 heteroatoms. The van der Waals surface area contributed by atoms with Gasteiger partial charge < -0.3 is 0 Å². The Kier molecular flexibility index (Phi) is 5.80. The highest BCUT2D eigenvalue weighted by molar-refractivity contribution is 5.47. The smallest absolute Gasteiger partial charge is 0.0991 e. The number of benzene rings is 1. The minimum Gasteiger partial charge on any atom is -0.264 e. The maximum absolute atomic E-state index is 8.86. The Hall–Kier alpha value is -2.40. The van der Waals surface area contributed by atoms with Crippen molar-refractivity contribution >= 4 is 6.08 Å². The van der Waals surface area contributed by atoms with Crippen LogP contribution in [0.25, 0.3) is 6.08 Å². The van der Waals surface area contributed by atoms with E-state index in [1.807, 2.05) is 30.6 Å². The summed E-state index contributed by atoms with van der Waals surface area (Å²) in [6.07, 6.45) is 16.0. The molecule has 0 aliphatic heterocycles. The van der Waals surface area contributed by atoms with Gasteiger partial charge in [0, 0.05) is 12.4 Å². The summed E-state index contributed by atoms with van der Waals surface area (Å²) < 4.78 is 0. The SMILES string of the molecule is N#Cc1ccc(CC[C@@H]2CCC[C@H](/C=C/c3cccnc3)C2)cc1. The average molecular weight is 316 g/mol. The molecule has 1 aliphatic carbocycles. The summed E-state index contributed by atoms with van der Waals surface area (Å²) in [6.45, 7) is 0. The normalized spacial score (nSPS) is 20.8. The highest BCUT2D eigenvalue weighted by atomic mass is 14.6. The number of nitriles is 1. The van der Waals surface area contributed by atoms with E-state index >= 15 is 0 Å². The molecule has 2 aromatic rings. The molecule has 1 saturated carbocycles. The lowest BCUT2D eigenvalue weighted by Gasteiger charge is -2.27. The van der Waals surface area contributed by atoms with Crippen LogP contribution in [-0.2, 0) is 6.42 Å². The maximum Gasteiger partial charge on any atom is 0.0991 e. The molecule has 0 bridgehead atoms. The minimum absolute atomic E-state index is 0.699. The van der Waals surface area contributed by atoms with Gasteiger partial charge in [0.25, 0.3) is 0 Å². The van der Waals surface area contributed by atoms with Crippen LogP contribution in [0.1, 0.15) is 48.8 Å². The third-order valence-electron chi connectivity index (χ3n) is 4.99. The van der Waals surface area contributed by atoms with Crippen LogP contribution >= 0.6 is 0 Å². The van der Waals surface area contributed by atoms with Crippen molar-refractivity contribution in [3.63, 3.8) is 0 Å². The topological polar surface area (TPSA) is 36.7 Å². The second-order valence-corrected chi connectivity index (χ2v) is 6.79. The fourth-order valence-corrected chi connectivity index (χ4v) is 3.61. The first-order valence-corrected chi connectivity index (χ1v) is 8.91. The maximum atomic E-state index is 8.86. The molecule has 2 atom stereocenters. The van der Waals surface area contributed by atoms with Crippen molar-refractivity contribution in [2.75, 3.05) is 0 Å². The zero-order valence-corrected chi connectivity index (χ0v) is 14.1. The molecule has 24 heavy (non-hydrogen) atoms. The standard InChI is InChI=1S/C22H24N2/c23-16-21-11-7-18(8-12-21)6-9-19-3-1-4-20(15-19)10-13-22-5-2-14-24-17-22/h2,5,7-8,10-14,17,19-20H,1,3-4,6,9,15H2/b13-10+/t19-,20+/m0/s1. The van der Waals surface area contributed by atoms with E-state index in [0.29, 0.717) is 5.92 Å². The number of hydrogen-bond donors (Lipinski definition) is 0. The van der Waals surface area contributed by atoms with Crippen molar-refractivity contribution in [3.05, 3.63) is 71.6 Å². The Morgan fingerprint density at radius 3 is 2.79 bits per heavy atom. The van der Waals surface area contributed by atoms with E-state index < -0.39 is 0 Å². The molecule has 0 radical (unpaired) electrons.